The summed E-state index contributed by atoms with van der Waals surface area (Å²) in [6, 6.07) is 14.9. The van der Waals surface area contributed by atoms with Crippen molar-refractivity contribution in [3.05, 3.63) is 59.2 Å². The minimum atomic E-state index is 0.457. The molecule has 0 unspecified atom stereocenters. The molecule has 1 aliphatic carbocycles. The highest BCUT2D eigenvalue weighted by Gasteiger charge is 2.21. The lowest BCUT2D eigenvalue weighted by molar-refractivity contribution is 0.0658. The first-order valence-electron chi connectivity index (χ1n) is 8.53. The molecule has 122 valence electrons. The molecule has 1 aliphatic rings. The number of hydrogen-bond acceptors (Lipinski definition) is 2. The summed E-state index contributed by atoms with van der Waals surface area (Å²) in [5, 5.41) is 0. The normalized spacial score (nSPS) is 21.2. The van der Waals surface area contributed by atoms with E-state index in [1.807, 2.05) is 13.2 Å². The third kappa shape index (κ3) is 3.94. The molecule has 2 nitrogen and oxygen atoms in total. The maximum atomic E-state index is 6.02. The van der Waals surface area contributed by atoms with Gasteiger partial charge in [-0.05, 0) is 74.8 Å². The fourth-order valence-electron chi connectivity index (χ4n) is 3.48. The molecule has 23 heavy (non-hydrogen) atoms. The van der Waals surface area contributed by atoms with E-state index in [2.05, 4.69) is 50.2 Å². The molecule has 0 aromatic heterocycles. The molecular formula is C21H26O2. The molecule has 0 N–H and O–H groups in total. The van der Waals surface area contributed by atoms with E-state index in [0.29, 0.717) is 12.0 Å². The third-order valence-corrected chi connectivity index (χ3v) is 4.92. The van der Waals surface area contributed by atoms with Gasteiger partial charge >= 0.3 is 0 Å². The van der Waals surface area contributed by atoms with Crippen molar-refractivity contribution >= 4 is 0 Å². The molecular weight excluding hydrogens is 284 g/mol. The first kappa shape index (κ1) is 16.1. The van der Waals surface area contributed by atoms with Gasteiger partial charge in [0.25, 0.3) is 0 Å². The quantitative estimate of drug-likeness (QED) is 0.714. The van der Waals surface area contributed by atoms with Gasteiger partial charge in [-0.15, -0.1) is 0 Å². The number of benzene rings is 2. The van der Waals surface area contributed by atoms with Crippen molar-refractivity contribution in [3.63, 3.8) is 0 Å². The van der Waals surface area contributed by atoms with Crippen LogP contribution in [0.4, 0.5) is 0 Å². The molecule has 0 aliphatic heterocycles. The summed E-state index contributed by atoms with van der Waals surface area (Å²) in [6.45, 7) is 4.19. The van der Waals surface area contributed by atoms with Crippen molar-refractivity contribution in [2.24, 2.45) is 0 Å². The fraction of sp³-hybridized carbons (Fsp3) is 0.429. The molecule has 1 fully saturated rings. The van der Waals surface area contributed by atoms with Crippen molar-refractivity contribution in [3.8, 4) is 11.5 Å². The van der Waals surface area contributed by atoms with Crippen LogP contribution in [0.3, 0.4) is 0 Å². The van der Waals surface area contributed by atoms with Crippen LogP contribution in [0.1, 0.15) is 48.3 Å². The van der Waals surface area contributed by atoms with Crippen molar-refractivity contribution in [1.82, 2.24) is 0 Å². The average molecular weight is 310 g/mol. The number of ether oxygens (including phenoxy) is 2. The summed E-state index contributed by atoms with van der Waals surface area (Å²) in [4.78, 5) is 0. The highest BCUT2D eigenvalue weighted by atomic mass is 16.5. The highest BCUT2D eigenvalue weighted by Crippen LogP contribution is 2.35. The molecule has 2 aromatic rings. The van der Waals surface area contributed by atoms with Gasteiger partial charge in [0.1, 0.15) is 11.5 Å². The van der Waals surface area contributed by atoms with Crippen LogP contribution in [0.2, 0.25) is 0 Å². The van der Waals surface area contributed by atoms with Crippen LogP contribution in [-0.4, -0.2) is 13.2 Å². The molecule has 1 saturated carbocycles. The van der Waals surface area contributed by atoms with E-state index in [1.165, 1.54) is 42.4 Å². The summed E-state index contributed by atoms with van der Waals surface area (Å²) in [5.41, 5.74) is 3.86. The summed E-state index contributed by atoms with van der Waals surface area (Å²) in [5.74, 6) is 2.51. The van der Waals surface area contributed by atoms with Gasteiger partial charge in [0.15, 0.2) is 0 Å². The van der Waals surface area contributed by atoms with E-state index in [4.69, 9.17) is 9.47 Å². The fourth-order valence-corrected chi connectivity index (χ4v) is 3.48. The van der Waals surface area contributed by atoms with Crippen LogP contribution in [-0.2, 0) is 4.74 Å². The zero-order valence-corrected chi connectivity index (χ0v) is 14.3. The van der Waals surface area contributed by atoms with E-state index in [-0.39, 0.29) is 0 Å². The van der Waals surface area contributed by atoms with E-state index in [1.54, 1.807) is 0 Å². The maximum Gasteiger partial charge on any atom is 0.130 e. The van der Waals surface area contributed by atoms with Gasteiger partial charge < -0.3 is 9.47 Å². The second-order valence-corrected chi connectivity index (χ2v) is 6.65. The zero-order valence-electron chi connectivity index (χ0n) is 14.3. The molecule has 3 rings (SSSR count). The highest BCUT2D eigenvalue weighted by molar-refractivity contribution is 5.40. The molecule has 0 amide bonds. The Bertz CT molecular complexity index is 637. The Hall–Kier alpha value is -1.80. The number of rotatable bonds is 4. The molecule has 0 atom stereocenters. The molecule has 2 heteroatoms. The lowest BCUT2D eigenvalue weighted by Gasteiger charge is -2.27. The third-order valence-electron chi connectivity index (χ3n) is 4.92. The van der Waals surface area contributed by atoms with Gasteiger partial charge in [0, 0.05) is 7.11 Å². The van der Waals surface area contributed by atoms with E-state index in [0.717, 1.165) is 11.5 Å². The Kier molecular flexibility index (Phi) is 5.02. The Balaban J connectivity index is 1.65. The van der Waals surface area contributed by atoms with Gasteiger partial charge in [0.05, 0.1) is 6.10 Å². The predicted octanol–water partition coefficient (Wildman–Crippen LogP) is 5.77. The van der Waals surface area contributed by atoms with Gasteiger partial charge in [-0.2, -0.15) is 0 Å². The summed E-state index contributed by atoms with van der Waals surface area (Å²) in [6.07, 6.45) is 5.23. The van der Waals surface area contributed by atoms with Crippen LogP contribution < -0.4 is 4.74 Å². The Morgan fingerprint density at radius 1 is 0.870 bits per heavy atom. The summed E-state index contributed by atoms with van der Waals surface area (Å²) in [7, 11) is 1.82. The monoisotopic (exact) mass is 310 g/mol. The Labute approximate surface area is 139 Å². The van der Waals surface area contributed by atoms with Crippen LogP contribution in [0.15, 0.2) is 42.5 Å². The lowest BCUT2D eigenvalue weighted by Crippen LogP contribution is -2.19. The van der Waals surface area contributed by atoms with E-state index >= 15 is 0 Å². The summed E-state index contributed by atoms with van der Waals surface area (Å²) >= 11 is 0. The zero-order chi connectivity index (χ0) is 16.2. The first-order chi connectivity index (χ1) is 11.2. The van der Waals surface area contributed by atoms with Gasteiger partial charge in [0.2, 0.25) is 0 Å². The smallest absolute Gasteiger partial charge is 0.130 e. The molecule has 0 spiro atoms. The average Bonchev–Trinajstić information content (AvgIpc) is 2.58. The number of methoxy groups -OCH3 is 1. The Morgan fingerprint density at radius 2 is 1.57 bits per heavy atom. The van der Waals surface area contributed by atoms with Crippen LogP contribution in [0.5, 0.6) is 11.5 Å². The van der Waals surface area contributed by atoms with Crippen LogP contribution in [0, 0.1) is 13.8 Å². The summed E-state index contributed by atoms with van der Waals surface area (Å²) < 4.78 is 11.5. The number of hydrogen-bond donors (Lipinski definition) is 0. The van der Waals surface area contributed by atoms with Gasteiger partial charge in [-0.1, -0.05) is 29.8 Å². The Morgan fingerprint density at radius 3 is 2.17 bits per heavy atom. The van der Waals surface area contributed by atoms with Crippen LogP contribution in [0.25, 0.3) is 0 Å². The standard InChI is InChI=1S/C21H26O2/c1-15-4-13-21(16(2)14-15)23-20-11-7-18(8-12-20)17-5-9-19(22-3)10-6-17/h4,7-8,11-14,17,19H,5-6,9-10H2,1-3H3. The maximum absolute atomic E-state index is 6.02. The van der Waals surface area contributed by atoms with Gasteiger partial charge in [-0.3, -0.25) is 0 Å². The van der Waals surface area contributed by atoms with Crippen LogP contribution >= 0.6 is 0 Å². The van der Waals surface area contributed by atoms with Crippen molar-refractivity contribution in [1.29, 1.82) is 0 Å². The topological polar surface area (TPSA) is 18.5 Å². The predicted molar refractivity (Wildman–Crippen MR) is 94.4 cm³/mol. The van der Waals surface area contributed by atoms with Crippen molar-refractivity contribution < 1.29 is 9.47 Å². The molecule has 0 heterocycles. The van der Waals surface area contributed by atoms with Crippen molar-refractivity contribution in [2.75, 3.05) is 7.11 Å². The minimum absolute atomic E-state index is 0.457. The van der Waals surface area contributed by atoms with Crippen molar-refractivity contribution in [2.45, 2.75) is 51.6 Å². The SMILES string of the molecule is COC1CCC(c2ccc(Oc3ccc(C)cc3C)cc2)CC1. The number of aryl methyl sites for hydroxylation is 2. The largest absolute Gasteiger partial charge is 0.457 e. The van der Waals surface area contributed by atoms with E-state index < -0.39 is 0 Å². The molecule has 0 saturated heterocycles. The molecule has 0 radical (unpaired) electrons. The second kappa shape index (κ2) is 7.18. The van der Waals surface area contributed by atoms with E-state index in [9.17, 15) is 0 Å². The second-order valence-electron chi connectivity index (χ2n) is 6.65. The lowest BCUT2D eigenvalue weighted by atomic mass is 9.83. The minimum Gasteiger partial charge on any atom is -0.457 e. The molecule has 0 bridgehead atoms. The molecule has 2 aromatic carbocycles. The van der Waals surface area contributed by atoms with Gasteiger partial charge in [-0.25, -0.2) is 0 Å². The first-order valence-corrected chi connectivity index (χ1v) is 8.53.